The fraction of sp³-hybridized carbons (Fsp3) is 0.588. The number of piperidine rings is 1. The summed E-state index contributed by atoms with van der Waals surface area (Å²) in [6.07, 6.45) is 5.22. The molecule has 2 aromatic heterocycles. The second kappa shape index (κ2) is 7.01. The van der Waals surface area contributed by atoms with E-state index in [2.05, 4.69) is 33.9 Å². The van der Waals surface area contributed by atoms with Gasteiger partial charge in [-0.3, -0.25) is 4.98 Å². The van der Waals surface area contributed by atoms with Crippen LogP contribution in [0.2, 0.25) is 0 Å². The van der Waals surface area contributed by atoms with Gasteiger partial charge in [0.1, 0.15) is 5.69 Å². The van der Waals surface area contributed by atoms with Crippen LogP contribution in [0.5, 0.6) is 0 Å². The molecular weight excluding hydrogens is 276 g/mol. The van der Waals surface area contributed by atoms with E-state index >= 15 is 0 Å². The maximum Gasteiger partial charge on any atom is 0.230 e. The molecule has 0 atom stereocenters. The van der Waals surface area contributed by atoms with Gasteiger partial charge in [0, 0.05) is 12.1 Å². The van der Waals surface area contributed by atoms with Gasteiger partial charge in [-0.15, -0.1) is 0 Å². The zero-order chi connectivity index (χ0) is 15.4. The van der Waals surface area contributed by atoms with E-state index in [1.807, 2.05) is 18.2 Å². The van der Waals surface area contributed by atoms with E-state index in [1.165, 1.54) is 13.0 Å². The average molecular weight is 300 g/mol. The maximum absolute atomic E-state index is 5.47. The molecule has 22 heavy (non-hydrogen) atoms. The summed E-state index contributed by atoms with van der Waals surface area (Å²) in [4.78, 5) is 11.4. The molecule has 0 bridgehead atoms. The molecule has 118 valence electrons. The van der Waals surface area contributed by atoms with Crippen molar-refractivity contribution in [3.8, 4) is 11.5 Å². The SMILES string of the molecule is CC(C)CCN1CCC(c2nc(-c3ccccn3)no2)CC1. The summed E-state index contributed by atoms with van der Waals surface area (Å²) < 4.78 is 5.47. The van der Waals surface area contributed by atoms with Crippen molar-refractivity contribution in [3.05, 3.63) is 30.3 Å². The molecule has 1 aliphatic heterocycles. The number of aromatic nitrogens is 3. The summed E-state index contributed by atoms with van der Waals surface area (Å²) in [7, 11) is 0. The lowest BCUT2D eigenvalue weighted by atomic mass is 9.96. The van der Waals surface area contributed by atoms with Crippen LogP contribution in [0.4, 0.5) is 0 Å². The van der Waals surface area contributed by atoms with Gasteiger partial charge in [-0.05, 0) is 56.9 Å². The van der Waals surface area contributed by atoms with Crippen molar-refractivity contribution < 1.29 is 4.52 Å². The summed E-state index contributed by atoms with van der Waals surface area (Å²) >= 11 is 0. The highest BCUT2D eigenvalue weighted by Crippen LogP contribution is 2.28. The van der Waals surface area contributed by atoms with E-state index in [4.69, 9.17) is 4.52 Å². The molecule has 3 heterocycles. The molecule has 1 aliphatic rings. The lowest BCUT2D eigenvalue weighted by molar-refractivity contribution is 0.186. The Morgan fingerprint density at radius 3 is 2.77 bits per heavy atom. The van der Waals surface area contributed by atoms with Crippen LogP contribution in [0, 0.1) is 5.92 Å². The standard InChI is InChI=1S/C17H24N4O/c1-13(2)6-10-21-11-7-14(8-12-21)17-19-16(20-22-17)15-5-3-4-9-18-15/h3-5,9,13-14H,6-8,10-12H2,1-2H3. The van der Waals surface area contributed by atoms with Gasteiger partial charge in [-0.1, -0.05) is 25.1 Å². The molecule has 0 saturated carbocycles. The minimum Gasteiger partial charge on any atom is -0.339 e. The van der Waals surface area contributed by atoms with Crippen LogP contribution < -0.4 is 0 Å². The molecule has 3 rings (SSSR count). The van der Waals surface area contributed by atoms with Crippen LogP contribution >= 0.6 is 0 Å². The van der Waals surface area contributed by atoms with Crippen molar-refractivity contribution in [1.29, 1.82) is 0 Å². The van der Waals surface area contributed by atoms with Crippen LogP contribution in [0.15, 0.2) is 28.9 Å². The third kappa shape index (κ3) is 3.71. The van der Waals surface area contributed by atoms with Gasteiger partial charge in [0.05, 0.1) is 0 Å². The minimum absolute atomic E-state index is 0.389. The molecule has 0 spiro atoms. The first-order chi connectivity index (χ1) is 10.7. The normalized spacial score (nSPS) is 17.2. The lowest BCUT2D eigenvalue weighted by Gasteiger charge is -2.30. The quantitative estimate of drug-likeness (QED) is 0.847. The van der Waals surface area contributed by atoms with Crippen molar-refractivity contribution in [2.75, 3.05) is 19.6 Å². The van der Waals surface area contributed by atoms with Crippen LogP contribution in [-0.4, -0.2) is 39.7 Å². The van der Waals surface area contributed by atoms with Gasteiger partial charge >= 0.3 is 0 Å². The Morgan fingerprint density at radius 1 is 1.27 bits per heavy atom. The zero-order valence-corrected chi connectivity index (χ0v) is 13.4. The number of nitrogens with zero attached hydrogens (tertiary/aromatic N) is 4. The first-order valence-electron chi connectivity index (χ1n) is 8.19. The highest BCUT2D eigenvalue weighted by Gasteiger charge is 2.25. The van der Waals surface area contributed by atoms with E-state index in [-0.39, 0.29) is 0 Å². The Morgan fingerprint density at radius 2 is 2.09 bits per heavy atom. The van der Waals surface area contributed by atoms with Crippen LogP contribution in [0.1, 0.15) is 44.9 Å². The van der Waals surface area contributed by atoms with Crippen molar-refractivity contribution in [3.63, 3.8) is 0 Å². The maximum atomic E-state index is 5.47. The van der Waals surface area contributed by atoms with Crippen molar-refractivity contribution in [1.82, 2.24) is 20.0 Å². The highest BCUT2D eigenvalue weighted by molar-refractivity contribution is 5.47. The first-order valence-corrected chi connectivity index (χ1v) is 8.19. The predicted molar refractivity (Wildman–Crippen MR) is 85.4 cm³/mol. The van der Waals surface area contributed by atoms with E-state index in [0.29, 0.717) is 11.7 Å². The van der Waals surface area contributed by atoms with Gasteiger partial charge in [-0.25, -0.2) is 0 Å². The highest BCUT2D eigenvalue weighted by atomic mass is 16.5. The van der Waals surface area contributed by atoms with E-state index in [9.17, 15) is 0 Å². The second-order valence-corrected chi connectivity index (χ2v) is 6.47. The molecule has 0 amide bonds. The fourth-order valence-corrected chi connectivity index (χ4v) is 2.84. The topological polar surface area (TPSA) is 55.1 Å². The largest absolute Gasteiger partial charge is 0.339 e. The van der Waals surface area contributed by atoms with Crippen LogP contribution in [0.25, 0.3) is 11.5 Å². The van der Waals surface area contributed by atoms with Crippen molar-refractivity contribution in [2.45, 2.75) is 39.0 Å². The Bertz CT molecular complexity index is 573. The summed E-state index contributed by atoms with van der Waals surface area (Å²) in [5.74, 6) is 2.52. The summed E-state index contributed by atoms with van der Waals surface area (Å²) in [5, 5.41) is 4.08. The Labute approximate surface area is 131 Å². The van der Waals surface area contributed by atoms with Gasteiger partial charge in [0.25, 0.3) is 0 Å². The van der Waals surface area contributed by atoms with Gasteiger partial charge in [0.2, 0.25) is 11.7 Å². The second-order valence-electron chi connectivity index (χ2n) is 6.47. The van der Waals surface area contributed by atoms with Crippen molar-refractivity contribution >= 4 is 0 Å². The van der Waals surface area contributed by atoms with Crippen LogP contribution in [-0.2, 0) is 0 Å². The van der Waals surface area contributed by atoms with Gasteiger partial charge in [-0.2, -0.15) is 4.98 Å². The Hall–Kier alpha value is -1.75. The van der Waals surface area contributed by atoms with E-state index in [1.54, 1.807) is 6.20 Å². The first kappa shape index (κ1) is 15.2. The van der Waals surface area contributed by atoms with E-state index in [0.717, 1.165) is 43.4 Å². The third-order valence-corrected chi connectivity index (χ3v) is 4.30. The monoisotopic (exact) mass is 300 g/mol. The third-order valence-electron chi connectivity index (χ3n) is 4.30. The summed E-state index contributed by atoms with van der Waals surface area (Å²) in [5.41, 5.74) is 0.770. The molecule has 1 fully saturated rings. The molecule has 0 aliphatic carbocycles. The molecule has 5 nitrogen and oxygen atoms in total. The summed E-state index contributed by atoms with van der Waals surface area (Å²) in [6, 6.07) is 5.73. The number of likely N-dealkylation sites (tertiary alicyclic amines) is 1. The minimum atomic E-state index is 0.389. The molecule has 0 aromatic carbocycles. The molecule has 0 radical (unpaired) electrons. The number of pyridine rings is 1. The van der Waals surface area contributed by atoms with Crippen molar-refractivity contribution in [2.24, 2.45) is 5.92 Å². The number of rotatable bonds is 5. The number of hydrogen-bond donors (Lipinski definition) is 0. The molecule has 2 aromatic rings. The Balaban J connectivity index is 1.57. The molecule has 1 saturated heterocycles. The molecule has 0 N–H and O–H groups in total. The fourth-order valence-electron chi connectivity index (χ4n) is 2.84. The lowest BCUT2D eigenvalue weighted by Crippen LogP contribution is -2.34. The molecular formula is C17H24N4O. The van der Waals surface area contributed by atoms with Crippen LogP contribution in [0.3, 0.4) is 0 Å². The van der Waals surface area contributed by atoms with Gasteiger partial charge in [0.15, 0.2) is 0 Å². The zero-order valence-electron chi connectivity index (χ0n) is 13.4. The molecule has 0 unspecified atom stereocenters. The van der Waals surface area contributed by atoms with E-state index < -0.39 is 0 Å². The summed E-state index contributed by atoms with van der Waals surface area (Å²) in [6.45, 7) is 8.01. The Kier molecular flexibility index (Phi) is 4.83. The van der Waals surface area contributed by atoms with Gasteiger partial charge < -0.3 is 9.42 Å². The predicted octanol–water partition coefficient (Wildman–Crippen LogP) is 3.36. The molecule has 5 heteroatoms. The average Bonchev–Trinajstić information content (AvgIpc) is 3.04. The number of hydrogen-bond acceptors (Lipinski definition) is 5. The smallest absolute Gasteiger partial charge is 0.230 e.